The normalized spacial score (nSPS) is 11.2. The highest BCUT2D eigenvalue weighted by Crippen LogP contribution is 2.30. The summed E-state index contributed by atoms with van der Waals surface area (Å²) in [7, 11) is 0. The average Bonchev–Trinajstić information content (AvgIpc) is 2.13. The van der Waals surface area contributed by atoms with Crippen molar-refractivity contribution in [3.05, 3.63) is 33.3 Å². The first-order chi connectivity index (χ1) is 8.13. The zero-order valence-electron chi connectivity index (χ0n) is 10.0. The molecule has 0 aliphatic carbocycles. The van der Waals surface area contributed by atoms with Crippen LogP contribution in [0.5, 0.6) is 0 Å². The molecule has 1 aromatic carbocycles. The van der Waals surface area contributed by atoms with Crippen LogP contribution in [0.4, 0.5) is 4.39 Å². The zero-order chi connectivity index (χ0) is 14.1. The van der Waals surface area contributed by atoms with E-state index in [9.17, 15) is 14.0 Å². The van der Waals surface area contributed by atoms with Gasteiger partial charge in [0.15, 0.2) is 0 Å². The van der Waals surface area contributed by atoms with Gasteiger partial charge in [0.25, 0.3) is 0 Å². The Morgan fingerprint density at radius 2 is 1.78 bits per heavy atom. The molecule has 1 rings (SSSR count). The van der Waals surface area contributed by atoms with Crippen LogP contribution in [0.3, 0.4) is 0 Å². The monoisotopic (exact) mass is 292 g/mol. The second-order valence-corrected chi connectivity index (χ2v) is 5.34. The highest BCUT2D eigenvalue weighted by atomic mass is 35.5. The van der Waals surface area contributed by atoms with Crippen LogP contribution in [-0.2, 0) is 4.74 Å². The molecule has 18 heavy (non-hydrogen) atoms. The number of halogens is 3. The van der Waals surface area contributed by atoms with Crippen molar-refractivity contribution in [3.8, 4) is 0 Å². The van der Waals surface area contributed by atoms with Gasteiger partial charge in [-0.3, -0.25) is 4.79 Å². The first kappa shape index (κ1) is 14.9. The molecule has 0 unspecified atom stereocenters. The smallest absolute Gasteiger partial charge is 0.340 e. The molecule has 0 aromatic heterocycles. The Kier molecular flexibility index (Phi) is 4.35. The van der Waals surface area contributed by atoms with Crippen LogP contribution < -0.4 is 0 Å². The van der Waals surface area contributed by atoms with Gasteiger partial charge in [0.05, 0.1) is 21.2 Å². The molecule has 0 saturated heterocycles. The first-order valence-corrected chi connectivity index (χ1v) is 5.80. The lowest BCUT2D eigenvalue weighted by Crippen LogP contribution is -2.24. The Morgan fingerprint density at radius 1 is 1.22 bits per heavy atom. The van der Waals surface area contributed by atoms with Gasteiger partial charge in [0.2, 0.25) is 0 Å². The first-order valence-electron chi connectivity index (χ1n) is 5.04. The molecule has 3 nitrogen and oxygen atoms in total. The molecule has 0 atom stereocenters. The Hall–Kier alpha value is -1.13. The number of hydrogen-bond acceptors (Lipinski definition) is 3. The average molecular weight is 293 g/mol. The summed E-state index contributed by atoms with van der Waals surface area (Å²) in [5.74, 6) is -0.744. The van der Waals surface area contributed by atoms with Crippen LogP contribution in [-0.4, -0.2) is 17.6 Å². The lowest BCUT2D eigenvalue weighted by atomic mass is 10.1. The molecule has 0 aliphatic heterocycles. The highest BCUT2D eigenvalue weighted by Gasteiger charge is 2.24. The summed E-state index contributed by atoms with van der Waals surface area (Å²) in [5, 5.41) is -0.496. The van der Waals surface area contributed by atoms with Crippen molar-refractivity contribution in [2.24, 2.45) is 0 Å². The third-order valence-electron chi connectivity index (χ3n) is 1.91. The van der Waals surface area contributed by atoms with Gasteiger partial charge in [-0.25, -0.2) is 4.79 Å². The van der Waals surface area contributed by atoms with Crippen molar-refractivity contribution in [2.45, 2.75) is 26.4 Å². The minimum atomic E-state index is -1.80. The van der Waals surface area contributed by atoms with Crippen molar-refractivity contribution >= 4 is 35.2 Å². The quantitative estimate of drug-likeness (QED) is 0.610. The van der Waals surface area contributed by atoms with Crippen molar-refractivity contribution in [2.75, 3.05) is 0 Å². The molecule has 0 saturated carbocycles. The number of ether oxygens (including phenoxy) is 1. The maximum atomic E-state index is 12.8. The third kappa shape index (κ3) is 3.43. The van der Waals surface area contributed by atoms with E-state index >= 15 is 0 Å². The Labute approximate surface area is 114 Å². The van der Waals surface area contributed by atoms with Gasteiger partial charge in [-0.05, 0) is 32.9 Å². The van der Waals surface area contributed by atoms with Gasteiger partial charge in [-0.1, -0.05) is 23.2 Å². The number of benzene rings is 1. The van der Waals surface area contributed by atoms with E-state index in [4.69, 9.17) is 27.9 Å². The zero-order valence-corrected chi connectivity index (χ0v) is 11.5. The minimum absolute atomic E-state index is 0.100. The van der Waals surface area contributed by atoms with Gasteiger partial charge in [-0.2, -0.15) is 4.39 Å². The summed E-state index contributed by atoms with van der Waals surface area (Å²) in [4.78, 5) is 22.5. The second-order valence-electron chi connectivity index (χ2n) is 4.56. The van der Waals surface area contributed by atoms with Crippen LogP contribution in [0.25, 0.3) is 0 Å². The molecule has 0 amide bonds. The Morgan fingerprint density at radius 3 is 2.22 bits per heavy atom. The van der Waals surface area contributed by atoms with Crippen LogP contribution >= 0.6 is 23.2 Å². The minimum Gasteiger partial charge on any atom is -0.456 e. The van der Waals surface area contributed by atoms with E-state index in [0.717, 1.165) is 0 Å². The predicted octanol–water partition coefficient (Wildman–Crippen LogP) is 4.06. The molecule has 0 aliphatic rings. The third-order valence-corrected chi connectivity index (χ3v) is 2.61. The van der Waals surface area contributed by atoms with E-state index in [1.807, 2.05) is 0 Å². The summed E-state index contributed by atoms with van der Waals surface area (Å²) in [6.07, 6.45) is 0. The van der Waals surface area contributed by atoms with Crippen LogP contribution in [0.1, 0.15) is 41.5 Å². The van der Waals surface area contributed by atoms with Gasteiger partial charge >= 0.3 is 12.0 Å². The number of carbonyl (C=O) groups excluding carboxylic acids is 2. The maximum Gasteiger partial charge on any atom is 0.340 e. The van der Waals surface area contributed by atoms with E-state index in [0.29, 0.717) is 0 Å². The summed E-state index contributed by atoms with van der Waals surface area (Å²) in [5.41, 5.74) is -1.35. The van der Waals surface area contributed by atoms with E-state index in [-0.39, 0.29) is 15.6 Å². The fourth-order valence-corrected chi connectivity index (χ4v) is 1.82. The summed E-state index contributed by atoms with van der Waals surface area (Å²) < 4.78 is 17.9. The predicted molar refractivity (Wildman–Crippen MR) is 67.1 cm³/mol. The number of hydrogen-bond donors (Lipinski definition) is 0. The lowest BCUT2D eigenvalue weighted by molar-refractivity contribution is 0.00697. The van der Waals surface area contributed by atoms with Gasteiger partial charge in [-0.15, -0.1) is 0 Å². The molecule has 0 radical (unpaired) electrons. The topological polar surface area (TPSA) is 43.4 Å². The molecule has 0 heterocycles. The van der Waals surface area contributed by atoms with E-state index in [1.165, 1.54) is 12.1 Å². The largest absolute Gasteiger partial charge is 0.456 e. The van der Waals surface area contributed by atoms with Crippen LogP contribution in [0.15, 0.2) is 12.1 Å². The molecule has 6 heteroatoms. The summed E-state index contributed by atoms with van der Waals surface area (Å²) in [6.45, 7) is 5.03. The summed E-state index contributed by atoms with van der Waals surface area (Å²) >= 11 is 11.4. The number of esters is 1. The Bertz CT molecular complexity index is 507. The van der Waals surface area contributed by atoms with Gasteiger partial charge in [0, 0.05) is 0 Å². The van der Waals surface area contributed by atoms with Gasteiger partial charge in [0.1, 0.15) is 5.60 Å². The highest BCUT2D eigenvalue weighted by molar-refractivity contribution is 6.41. The van der Waals surface area contributed by atoms with E-state index < -0.39 is 23.2 Å². The van der Waals surface area contributed by atoms with Crippen LogP contribution in [0.2, 0.25) is 10.0 Å². The van der Waals surface area contributed by atoms with Crippen molar-refractivity contribution in [1.82, 2.24) is 0 Å². The van der Waals surface area contributed by atoms with E-state index in [1.54, 1.807) is 20.8 Å². The molecule has 0 fully saturated rings. The lowest BCUT2D eigenvalue weighted by Gasteiger charge is -2.20. The summed E-state index contributed by atoms with van der Waals surface area (Å²) in [6, 6.07) is 0.709. The molecule has 0 bridgehead atoms. The van der Waals surface area contributed by atoms with Gasteiger partial charge < -0.3 is 4.74 Å². The fourth-order valence-electron chi connectivity index (χ4n) is 1.22. The molecular formula is C12H11Cl2FO3. The molecule has 98 valence electrons. The van der Waals surface area contributed by atoms with Crippen LogP contribution in [0, 0.1) is 0 Å². The standard InChI is InChI=1S/C12H11Cl2FO3/c1-12(2,3)18-11(17)6-4-5-7(13)8(9(6)14)10(15)16/h4-5H,1-3H3. The maximum absolute atomic E-state index is 12.8. The second kappa shape index (κ2) is 5.24. The molecular weight excluding hydrogens is 282 g/mol. The van der Waals surface area contributed by atoms with Crippen molar-refractivity contribution < 1.29 is 18.7 Å². The molecule has 1 aromatic rings. The SMILES string of the molecule is CC(C)(C)OC(=O)c1ccc(Cl)c(C(=O)F)c1Cl. The fraction of sp³-hybridized carbons (Fsp3) is 0.333. The van der Waals surface area contributed by atoms with Crippen molar-refractivity contribution in [3.63, 3.8) is 0 Å². The Balaban J connectivity index is 3.24. The van der Waals surface area contributed by atoms with Crippen molar-refractivity contribution in [1.29, 1.82) is 0 Å². The number of rotatable bonds is 2. The van der Waals surface area contributed by atoms with E-state index in [2.05, 4.69) is 0 Å². The molecule has 0 N–H and O–H groups in total. The molecule has 0 spiro atoms. The number of carbonyl (C=O) groups is 2.